The monoisotopic (exact) mass is 277 g/mol. The van der Waals surface area contributed by atoms with Crippen LogP contribution in [0.1, 0.15) is 11.5 Å². The van der Waals surface area contributed by atoms with E-state index in [0.717, 1.165) is 6.20 Å². The first kappa shape index (κ1) is 13.3. The van der Waals surface area contributed by atoms with Gasteiger partial charge in [0.05, 0.1) is 6.26 Å². The van der Waals surface area contributed by atoms with E-state index in [2.05, 4.69) is 9.71 Å². The Labute approximate surface area is 110 Å². The molecule has 0 amide bonds. The molecule has 0 fully saturated rings. The zero-order chi connectivity index (χ0) is 13.7. The van der Waals surface area contributed by atoms with Gasteiger partial charge in [-0.15, -0.1) is 0 Å². The SMILES string of the molecule is N#Cc1ccc(S(=O)(=O)NCCc2ccco2)cn1. The topological polar surface area (TPSA) is 96.0 Å². The largest absolute Gasteiger partial charge is 0.469 e. The lowest BCUT2D eigenvalue weighted by molar-refractivity contribution is 0.506. The van der Waals surface area contributed by atoms with Gasteiger partial charge in [0.1, 0.15) is 22.4 Å². The van der Waals surface area contributed by atoms with Crippen LogP contribution in [-0.2, 0) is 16.4 Å². The van der Waals surface area contributed by atoms with Crippen molar-refractivity contribution < 1.29 is 12.8 Å². The highest BCUT2D eigenvalue weighted by molar-refractivity contribution is 7.89. The predicted molar refractivity (Wildman–Crippen MR) is 66.6 cm³/mol. The first-order valence-corrected chi connectivity index (χ1v) is 6.98. The molecule has 2 aromatic heterocycles. The normalized spacial score (nSPS) is 11.1. The highest BCUT2D eigenvalue weighted by Gasteiger charge is 2.14. The minimum atomic E-state index is -3.60. The minimum absolute atomic E-state index is 0.0333. The van der Waals surface area contributed by atoms with Crippen LogP contribution in [0.5, 0.6) is 0 Å². The van der Waals surface area contributed by atoms with Crippen LogP contribution in [0, 0.1) is 11.3 Å². The van der Waals surface area contributed by atoms with Crippen molar-refractivity contribution in [1.82, 2.24) is 9.71 Å². The van der Waals surface area contributed by atoms with Gasteiger partial charge in [-0.1, -0.05) is 0 Å². The molecule has 19 heavy (non-hydrogen) atoms. The number of furan rings is 1. The number of hydrogen-bond donors (Lipinski definition) is 1. The lowest BCUT2D eigenvalue weighted by Gasteiger charge is -2.05. The molecule has 7 heteroatoms. The Morgan fingerprint density at radius 3 is 2.79 bits per heavy atom. The molecule has 0 aliphatic rings. The molecule has 0 unspecified atom stereocenters. The molecule has 0 spiro atoms. The van der Waals surface area contributed by atoms with E-state index < -0.39 is 10.0 Å². The summed E-state index contributed by atoms with van der Waals surface area (Å²) >= 11 is 0. The van der Waals surface area contributed by atoms with Crippen molar-refractivity contribution >= 4 is 10.0 Å². The number of nitrogens with zero attached hydrogens (tertiary/aromatic N) is 2. The Hall–Kier alpha value is -2.17. The Bertz CT molecular complexity index is 670. The van der Waals surface area contributed by atoms with Crippen molar-refractivity contribution in [3.63, 3.8) is 0 Å². The van der Waals surface area contributed by atoms with Gasteiger partial charge < -0.3 is 4.42 Å². The fourth-order valence-electron chi connectivity index (χ4n) is 1.45. The van der Waals surface area contributed by atoms with Crippen LogP contribution >= 0.6 is 0 Å². The zero-order valence-corrected chi connectivity index (χ0v) is 10.7. The van der Waals surface area contributed by atoms with Crippen molar-refractivity contribution in [2.75, 3.05) is 6.54 Å². The van der Waals surface area contributed by atoms with Gasteiger partial charge in [-0.05, 0) is 24.3 Å². The molecule has 0 radical (unpaired) electrons. The van der Waals surface area contributed by atoms with Gasteiger partial charge in [-0.25, -0.2) is 18.1 Å². The van der Waals surface area contributed by atoms with E-state index in [1.165, 1.54) is 18.4 Å². The van der Waals surface area contributed by atoms with Crippen molar-refractivity contribution in [3.8, 4) is 6.07 Å². The highest BCUT2D eigenvalue weighted by Crippen LogP contribution is 2.07. The van der Waals surface area contributed by atoms with E-state index in [4.69, 9.17) is 9.68 Å². The summed E-state index contributed by atoms with van der Waals surface area (Å²) in [5.74, 6) is 0.709. The molecule has 98 valence electrons. The molecule has 0 atom stereocenters. The summed E-state index contributed by atoms with van der Waals surface area (Å²) in [6.45, 7) is 0.232. The van der Waals surface area contributed by atoms with E-state index in [1.54, 1.807) is 12.1 Å². The van der Waals surface area contributed by atoms with Gasteiger partial charge in [-0.3, -0.25) is 0 Å². The van der Waals surface area contributed by atoms with Crippen LogP contribution in [0.3, 0.4) is 0 Å². The van der Waals surface area contributed by atoms with E-state index >= 15 is 0 Å². The van der Waals surface area contributed by atoms with E-state index in [1.807, 2.05) is 6.07 Å². The number of nitriles is 1. The molecule has 0 aromatic carbocycles. The highest BCUT2D eigenvalue weighted by atomic mass is 32.2. The van der Waals surface area contributed by atoms with Gasteiger partial charge in [0.25, 0.3) is 0 Å². The van der Waals surface area contributed by atoms with Crippen molar-refractivity contribution in [2.24, 2.45) is 0 Å². The maximum atomic E-state index is 11.9. The summed E-state index contributed by atoms with van der Waals surface area (Å²) in [6, 6.07) is 8.06. The van der Waals surface area contributed by atoms with Crippen LogP contribution in [0.15, 0.2) is 46.0 Å². The first-order valence-electron chi connectivity index (χ1n) is 5.50. The van der Waals surface area contributed by atoms with Gasteiger partial charge in [0, 0.05) is 19.2 Å². The molecular formula is C12H11N3O3S. The second kappa shape index (κ2) is 5.65. The smallest absolute Gasteiger partial charge is 0.242 e. The molecule has 0 saturated carbocycles. The molecule has 2 heterocycles. The third kappa shape index (κ3) is 3.40. The van der Waals surface area contributed by atoms with Gasteiger partial charge in [-0.2, -0.15) is 5.26 Å². The molecule has 0 saturated heterocycles. The lowest BCUT2D eigenvalue weighted by atomic mass is 10.3. The maximum absolute atomic E-state index is 11.9. The second-order valence-corrected chi connectivity index (χ2v) is 5.49. The standard InChI is InChI=1S/C12H11N3O3S/c13-8-10-3-4-12(9-14-10)19(16,17)15-6-5-11-2-1-7-18-11/h1-4,7,9,15H,5-6H2. The van der Waals surface area contributed by atoms with E-state index in [9.17, 15) is 8.42 Å². The van der Waals surface area contributed by atoms with Gasteiger partial charge in [0.15, 0.2) is 0 Å². The number of hydrogen-bond acceptors (Lipinski definition) is 5. The Kier molecular flexibility index (Phi) is 3.94. The average Bonchev–Trinajstić information content (AvgIpc) is 2.92. The Morgan fingerprint density at radius 2 is 2.21 bits per heavy atom. The Balaban J connectivity index is 1.99. The summed E-state index contributed by atoms with van der Waals surface area (Å²) in [5, 5.41) is 8.59. The fourth-order valence-corrected chi connectivity index (χ4v) is 2.43. The predicted octanol–water partition coefficient (Wildman–Crippen LogP) is 1.07. The van der Waals surface area contributed by atoms with Crippen LogP contribution in [0.25, 0.3) is 0 Å². The number of pyridine rings is 1. The van der Waals surface area contributed by atoms with Crippen molar-refractivity contribution in [1.29, 1.82) is 5.26 Å². The van der Waals surface area contributed by atoms with Crippen molar-refractivity contribution in [3.05, 3.63) is 48.2 Å². The Morgan fingerprint density at radius 1 is 1.37 bits per heavy atom. The maximum Gasteiger partial charge on any atom is 0.242 e. The summed E-state index contributed by atoms with van der Waals surface area (Å²) in [4.78, 5) is 3.76. The summed E-state index contributed by atoms with van der Waals surface area (Å²) in [5.41, 5.74) is 0.175. The van der Waals surface area contributed by atoms with Crippen LogP contribution in [0.4, 0.5) is 0 Å². The number of nitrogens with one attached hydrogen (secondary N) is 1. The summed E-state index contributed by atoms with van der Waals surface area (Å²) in [6.07, 6.45) is 3.16. The van der Waals surface area contributed by atoms with Crippen LogP contribution in [-0.4, -0.2) is 19.9 Å². The molecule has 0 aliphatic carbocycles. The molecule has 2 aromatic rings. The molecular weight excluding hydrogens is 266 g/mol. The molecule has 0 bridgehead atoms. The zero-order valence-electron chi connectivity index (χ0n) is 9.91. The number of sulfonamides is 1. The molecule has 0 aliphatic heterocycles. The molecule has 6 nitrogen and oxygen atoms in total. The van der Waals surface area contributed by atoms with Gasteiger partial charge >= 0.3 is 0 Å². The van der Waals surface area contributed by atoms with Crippen LogP contribution < -0.4 is 4.72 Å². The van der Waals surface area contributed by atoms with Crippen LogP contribution in [0.2, 0.25) is 0 Å². The summed E-state index contributed by atoms with van der Waals surface area (Å²) in [7, 11) is -3.60. The second-order valence-electron chi connectivity index (χ2n) is 3.72. The molecule has 1 N–H and O–H groups in total. The summed E-state index contributed by atoms with van der Waals surface area (Å²) < 4.78 is 31.3. The number of aromatic nitrogens is 1. The number of rotatable bonds is 5. The lowest BCUT2D eigenvalue weighted by Crippen LogP contribution is -2.26. The van der Waals surface area contributed by atoms with E-state index in [-0.39, 0.29) is 17.1 Å². The van der Waals surface area contributed by atoms with Crippen molar-refractivity contribution in [2.45, 2.75) is 11.3 Å². The van der Waals surface area contributed by atoms with Gasteiger partial charge in [0.2, 0.25) is 10.0 Å². The minimum Gasteiger partial charge on any atom is -0.469 e. The quantitative estimate of drug-likeness (QED) is 0.881. The van der Waals surface area contributed by atoms with E-state index in [0.29, 0.717) is 12.2 Å². The average molecular weight is 277 g/mol. The molecule has 2 rings (SSSR count). The first-order chi connectivity index (χ1) is 9.12. The third-order valence-corrected chi connectivity index (χ3v) is 3.85. The fraction of sp³-hybridized carbons (Fsp3) is 0.167. The third-order valence-electron chi connectivity index (χ3n) is 2.40.